The third-order valence-corrected chi connectivity index (χ3v) is 5.73. The summed E-state index contributed by atoms with van der Waals surface area (Å²) < 4.78 is 10.6. The van der Waals surface area contributed by atoms with Gasteiger partial charge in [-0.1, -0.05) is 32.4 Å². The van der Waals surface area contributed by atoms with E-state index in [-0.39, 0.29) is 23.3 Å². The van der Waals surface area contributed by atoms with E-state index in [4.69, 9.17) is 32.2 Å². The Balaban J connectivity index is 2.12. The molecular formula is C21H32ClN3O3. The van der Waals surface area contributed by atoms with E-state index in [1.54, 1.807) is 26.4 Å². The first-order chi connectivity index (χ1) is 13.0. The number of halogens is 1. The SMILES string of the molecule is COc1cc(OC)c(C(=N)CC2CC(C)N(C(=O)C(N)C(C)(C)C)C2)cc1Cl. The van der Waals surface area contributed by atoms with Crippen LogP contribution in [0.25, 0.3) is 0 Å². The van der Waals surface area contributed by atoms with Gasteiger partial charge in [-0.2, -0.15) is 0 Å². The van der Waals surface area contributed by atoms with E-state index in [1.807, 2.05) is 32.6 Å². The van der Waals surface area contributed by atoms with Crippen LogP contribution in [0.1, 0.15) is 46.1 Å². The standard InChI is InChI=1S/C21H32ClN3O3/c1-12-7-13(11-25(12)20(26)19(24)21(2,3)4)8-16(23)14-9-15(22)18(28-6)10-17(14)27-5/h9-10,12-13,19,23H,7-8,11,24H2,1-6H3. The second-order valence-electron chi connectivity index (χ2n) is 8.65. The fourth-order valence-corrected chi connectivity index (χ4v) is 3.88. The molecule has 1 amide bonds. The highest BCUT2D eigenvalue weighted by Gasteiger charge is 2.38. The highest BCUT2D eigenvalue weighted by atomic mass is 35.5. The second-order valence-corrected chi connectivity index (χ2v) is 9.06. The van der Waals surface area contributed by atoms with Crippen LogP contribution in [0.3, 0.4) is 0 Å². The lowest BCUT2D eigenvalue weighted by Crippen LogP contribution is -2.51. The van der Waals surface area contributed by atoms with E-state index in [1.165, 1.54) is 0 Å². The largest absolute Gasteiger partial charge is 0.496 e. The molecule has 1 aliphatic heterocycles. The highest BCUT2D eigenvalue weighted by molar-refractivity contribution is 6.32. The summed E-state index contributed by atoms with van der Waals surface area (Å²) in [6, 6.07) is 2.98. The zero-order valence-electron chi connectivity index (χ0n) is 17.6. The molecule has 1 aromatic rings. The summed E-state index contributed by atoms with van der Waals surface area (Å²) in [5, 5.41) is 9.02. The third kappa shape index (κ3) is 4.78. The molecule has 3 N–H and O–H groups in total. The van der Waals surface area contributed by atoms with E-state index < -0.39 is 6.04 Å². The number of nitrogens with one attached hydrogen (secondary N) is 1. The molecule has 0 spiro atoms. The zero-order chi connectivity index (χ0) is 21.2. The molecule has 7 heteroatoms. The summed E-state index contributed by atoms with van der Waals surface area (Å²) in [7, 11) is 3.10. The van der Waals surface area contributed by atoms with Crippen molar-refractivity contribution in [3.63, 3.8) is 0 Å². The number of hydrogen-bond acceptors (Lipinski definition) is 5. The average molecular weight is 410 g/mol. The topological polar surface area (TPSA) is 88.6 Å². The van der Waals surface area contributed by atoms with Crippen LogP contribution >= 0.6 is 11.6 Å². The van der Waals surface area contributed by atoms with Crippen molar-refractivity contribution in [2.75, 3.05) is 20.8 Å². The van der Waals surface area contributed by atoms with Crippen molar-refractivity contribution in [3.8, 4) is 11.5 Å². The molecule has 28 heavy (non-hydrogen) atoms. The summed E-state index contributed by atoms with van der Waals surface area (Å²) in [5.41, 5.74) is 6.98. The molecule has 3 unspecified atom stereocenters. The van der Waals surface area contributed by atoms with Gasteiger partial charge in [-0.05, 0) is 37.2 Å². The summed E-state index contributed by atoms with van der Waals surface area (Å²) in [4.78, 5) is 14.7. The lowest BCUT2D eigenvalue weighted by atomic mass is 9.86. The maximum atomic E-state index is 12.8. The minimum absolute atomic E-state index is 0.0147. The van der Waals surface area contributed by atoms with Gasteiger partial charge in [-0.15, -0.1) is 0 Å². The number of likely N-dealkylation sites (tertiary alicyclic amines) is 1. The van der Waals surface area contributed by atoms with E-state index in [2.05, 4.69) is 0 Å². The van der Waals surface area contributed by atoms with E-state index >= 15 is 0 Å². The van der Waals surface area contributed by atoms with Crippen molar-refractivity contribution < 1.29 is 14.3 Å². The summed E-state index contributed by atoms with van der Waals surface area (Å²) in [6.45, 7) is 8.58. The Hall–Kier alpha value is -1.79. The second kappa shape index (κ2) is 8.70. The Labute approximate surface area is 172 Å². The van der Waals surface area contributed by atoms with Crippen LogP contribution in [-0.2, 0) is 4.79 Å². The Bertz CT molecular complexity index is 745. The molecule has 156 valence electrons. The smallest absolute Gasteiger partial charge is 0.240 e. The molecule has 0 aromatic heterocycles. The number of benzene rings is 1. The molecule has 0 radical (unpaired) electrons. The van der Waals surface area contributed by atoms with E-state index in [0.717, 1.165) is 6.42 Å². The number of rotatable bonds is 6. The van der Waals surface area contributed by atoms with Gasteiger partial charge >= 0.3 is 0 Å². The summed E-state index contributed by atoms with van der Waals surface area (Å²) in [5.74, 6) is 1.25. The number of hydrogen-bond donors (Lipinski definition) is 2. The first-order valence-corrected chi connectivity index (χ1v) is 9.92. The molecular weight excluding hydrogens is 378 g/mol. The van der Waals surface area contributed by atoms with Crippen molar-refractivity contribution >= 4 is 23.2 Å². The Morgan fingerprint density at radius 2 is 1.93 bits per heavy atom. The molecule has 6 nitrogen and oxygen atoms in total. The molecule has 1 saturated heterocycles. The average Bonchev–Trinajstić information content (AvgIpc) is 2.99. The minimum Gasteiger partial charge on any atom is -0.496 e. The molecule has 3 atom stereocenters. The number of carbonyl (C=O) groups is 1. The van der Waals surface area contributed by atoms with Gasteiger partial charge in [-0.25, -0.2) is 0 Å². The van der Waals surface area contributed by atoms with Crippen molar-refractivity contribution in [1.82, 2.24) is 4.90 Å². The maximum Gasteiger partial charge on any atom is 0.240 e. The Kier molecular flexibility index (Phi) is 6.99. The monoisotopic (exact) mass is 409 g/mol. The van der Waals surface area contributed by atoms with E-state index in [0.29, 0.717) is 40.8 Å². The van der Waals surface area contributed by atoms with Gasteiger partial charge in [-0.3, -0.25) is 4.79 Å². The molecule has 1 heterocycles. The summed E-state index contributed by atoms with van der Waals surface area (Å²) in [6.07, 6.45) is 1.38. The Morgan fingerprint density at radius 1 is 1.32 bits per heavy atom. The molecule has 0 saturated carbocycles. The van der Waals surface area contributed by atoms with E-state index in [9.17, 15) is 4.79 Å². The van der Waals surface area contributed by atoms with Crippen LogP contribution < -0.4 is 15.2 Å². The zero-order valence-corrected chi connectivity index (χ0v) is 18.4. The quantitative estimate of drug-likeness (QED) is 0.700. The first-order valence-electron chi connectivity index (χ1n) is 9.55. The van der Waals surface area contributed by atoms with Crippen LogP contribution in [-0.4, -0.2) is 49.4 Å². The van der Waals surface area contributed by atoms with Crippen molar-refractivity contribution in [1.29, 1.82) is 5.41 Å². The molecule has 1 fully saturated rings. The van der Waals surface area contributed by atoms with Gasteiger partial charge in [0.15, 0.2) is 0 Å². The lowest BCUT2D eigenvalue weighted by Gasteiger charge is -2.32. The molecule has 0 bridgehead atoms. The normalized spacial score (nSPS) is 20.8. The van der Waals surface area contributed by atoms with Crippen LogP contribution in [0, 0.1) is 16.7 Å². The van der Waals surface area contributed by atoms with Crippen molar-refractivity contribution in [2.24, 2.45) is 17.1 Å². The predicted molar refractivity (Wildman–Crippen MR) is 113 cm³/mol. The molecule has 1 aromatic carbocycles. The number of ether oxygens (including phenoxy) is 2. The van der Waals surface area contributed by atoms with Gasteiger partial charge in [0.25, 0.3) is 0 Å². The number of methoxy groups -OCH3 is 2. The Morgan fingerprint density at radius 3 is 2.46 bits per heavy atom. The van der Waals surface area contributed by atoms with Crippen LogP contribution in [0.2, 0.25) is 5.02 Å². The van der Waals surface area contributed by atoms with Gasteiger partial charge in [0.1, 0.15) is 11.5 Å². The van der Waals surface area contributed by atoms with Gasteiger partial charge in [0.05, 0.1) is 25.3 Å². The van der Waals surface area contributed by atoms with Crippen LogP contribution in [0.5, 0.6) is 11.5 Å². The third-order valence-electron chi connectivity index (χ3n) is 5.44. The lowest BCUT2D eigenvalue weighted by molar-refractivity contribution is -0.135. The van der Waals surface area contributed by atoms with Crippen molar-refractivity contribution in [2.45, 2.75) is 52.6 Å². The molecule has 1 aliphatic rings. The van der Waals surface area contributed by atoms with Gasteiger partial charge in [0.2, 0.25) is 5.91 Å². The van der Waals surface area contributed by atoms with Gasteiger partial charge in [0, 0.05) is 29.9 Å². The number of nitrogens with zero attached hydrogens (tertiary/aromatic N) is 1. The van der Waals surface area contributed by atoms with Crippen molar-refractivity contribution in [3.05, 3.63) is 22.7 Å². The fourth-order valence-electron chi connectivity index (χ4n) is 3.64. The number of nitrogens with two attached hydrogens (primary N) is 1. The van der Waals surface area contributed by atoms with Crippen LogP contribution in [0.15, 0.2) is 12.1 Å². The maximum absolute atomic E-state index is 12.8. The number of carbonyl (C=O) groups excluding carboxylic acids is 1. The fraction of sp³-hybridized carbons (Fsp3) is 0.619. The molecule has 0 aliphatic carbocycles. The highest BCUT2D eigenvalue weighted by Crippen LogP contribution is 2.35. The molecule has 2 rings (SSSR count). The number of amides is 1. The minimum atomic E-state index is -0.534. The summed E-state index contributed by atoms with van der Waals surface area (Å²) >= 11 is 6.24. The van der Waals surface area contributed by atoms with Gasteiger partial charge < -0.3 is 25.5 Å². The first kappa shape index (κ1) is 22.5. The van der Waals surface area contributed by atoms with Crippen LogP contribution in [0.4, 0.5) is 0 Å². The predicted octanol–water partition coefficient (Wildman–Crippen LogP) is 3.73.